The van der Waals surface area contributed by atoms with Crippen molar-refractivity contribution in [1.82, 2.24) is 4.90 Å². The Labute approximate surface area is 73.2 Å². The van der Waals surface area contributed by atoms with Crippen LogP contribution in [0, 0.1) is 0 Å². The number of nitrogens with two attached hydrogens (primary N) is 1. The van der Waals surface area contributed by atoms with E-state index in [1.807, 2.05) is 7.05 Å². The average Bonchev–Trinajstić information content (AvgIpc) is 2.09. The number of piperidine rings is 1. The van der Waals surface area contributed by atoms with Gasteiger partial charge in [-0.15, -0.1) is 0 Å². The first kappa shape index (κ1) is 9.42. The van der Waals surface area contributed by atoms with Gasteiger partial charge in [-0.1, -0.05) is 6.58 Å². The number of rotatable bonds is 2. The minimum Gasteiger partial charge on any atom is -0.319 e. The molecule has 0 aromatic carbocycles. The van der Waals surface area contributed by atoms with Crippen molar-refractivity contribution < 1.29 is 4.79 Å². The number of likely N-dealkylation sites (tertiary alicyclic amines) is 1. The molecule has 3 nitrogen and oxygen atoms in total. The predicted molar refractivity (Wildman–Crippen MR) is 48.9 cm³/mol. The summed E-state index contributed by atoms with van der Waals surface area (Å²) < 4.78 is 0. The van der Waals surface area contributed by atoms with E-state index in [0.29, 0.717) is 0 Å². The zero-order valence-corrected chi connectivity index (χ0v) is 7.55. The number of carbonyl (C=O) groups excluding carboxylic acids is 1. The molecule has 0 aromatic heterocycles. The van der Waals surface area contributed by atoms with Crippen LogP contribution in [0.1, 0.15) is 12.8 Å². The van der Waals surface area contributed by atoms with E-state index in [4.69, 9.17) is 5.73 Å². The minimum atomic E-state index is -0.631. The third kappa shape index (κ3) is 1.73. The summed E-state index contributed by atoms with van der Waals surface area (Å²) in [5, 5.41) is 0. The quantitative estimate of drug-likeness (QED) is 0.598. The van der Waals surface area contributed by atoms with Crippen LogP contribution in [0.5, 0.6) is 0 Å². The molecular weight excluding hydrogens is 152 g/mol. The highest BCUT2D eigenvalue weighted by atomic mass is 16.1. The number of nitrogens with zero attached hydrogens (tertiary/aromatic N) is 1. The lowest BCUT2D eigenvalue weighted by Crippen LogP contribution is -2.54. The lowest BCUT2D eigenvalue weighted by atomic mass is 9.85. The predicted octanol–water partition coefficient (Wildman–Crippen LogP) is 0.165. The van der Waals surface area contributed by atoms with Gasteiger partial charge in [0, 0.05) is 13.1 Å². The average molecular weight is 168 g/mol. The van der Waals surface area contributed by atoms with E-state index in [1.165, 1.54) is 6.08 Å². The van der Waals surface area contributed by atoms with Crippen molar-refractivity contribution in [1.29, 1.82) is 0 Å². The second-order valence-electron chi connectivity index (χ2n) is 3.53. The SMILES string of the molecule is C=CC(=O)C1(N)CCN(C)CC1. The van der Waals surface area contributed by atoms with E-state index in [9.17, 15) is 4.79 Å². The number of hydrogen-bond donors (Lipinski definition) is 1. The number of ketones is 1. The van der Waals surface area contributed by atoms with Gasteiger partial charge in [-0.2, -0.15) is 0 Å². The molecule has 0 radical (unpaired) electrons. The lowest BCUT2D eigenvalue weighted by molar-refractivity contribution is -0.120. The summed E-state index contributed by atoms with van der Waals surface area (Å²) in [4.78, 5) is 13.5. The Hall–Kier alpha value is -0.670. The monoisotopic (exact) mass is 168 g/mol. The molecule has 0 amide bonds. The molecule has 1 aliphatic rings. The summed E-state index contributed by atoms with van der Waals surface area (Å²) in [6.07, 6.45) is 2.83. The summed E-state index contributed by atoms with van der Waals surface area (Å²) in [7, 11) is 2.04. The smallest absolute Gasteiger partial charge is 0.174 e. The summed E-state index contributed by atoms with van der Waals surface area (Å²) >= 11 is 0. The summed E-state index contributed by atoms with van der Waals surface area (Å²) in [5.74, 6) is -0.0180. The maximum absolute atomic E-state index is 11.3. The molecule has 0 aromatic rings. The third-order valence-electron chi connectivity index (χ3n) is 2.56. The standard InChI is InChI=1S/C9H16N2O/c1-3-8(12)9(10)4-6-11(2)7-5-9/h3H,1,4-7,10H2,2H3. The van der Waals surface area contributed by atoms with Crippen LogP contribution in [-0.4, -0.2) is 36.4 Å². The van der Waals surface area contributed by atoms with Crippen molar-refractivity contribution in [2.45, 2.75) is 18.4 Å². The molecule has 1 fully saturated rings. The maximum atomic E-state index is 11.3. The van der Waals surface area contributed by atoms with Gasteiger partial charge in [0.15, 0.2) is 5.78 Å². The second kappa shape index (κ2) is 3.37. The van der Waals surface area contributed by atoms with Crippen LogP contribution in [0.25, 0.3) is 0 Å². The number of hydrogen-bond acceptors (Lipinski definition) is 3. The molecule has 0 unspecified atom stereocenters. The molecule has 0 saturated carbocycles. The summed E-state index contributed by atoms with van der Waals surface area (Å²) in [5.41, 5.74) is 5.30. The Kier molecular flexibility index (Phi) is 2.65. The first-order valence-electron chi connectivity index (χ1n) is 4.23. The van der Waals surface area contributed by atoms with E-state index >= 15 is 0 Å². The van der Waals surface area contributed by atoms with Crippen LogP contribution < -0.4 is 5.73 Å². The van der Waals surface area contributed by atoms with Crippen molar-refractivity contribution in [2.24, 2.45) is 5.73 Å². The van der Waals surface area contributed by atoms with Gasteiger partial charge in [-0.3, -0.25) is 4.79 Å². The molecular formula is C9H16N2O. The van der Waals surface area contributed by atoms with E-state index in [2.05, 4.69) is 11.5 Å². The van der Waals surface area contributed by atoms with Gasteiger partial charge in [-0.25, -0.2) is 0 Å². The number of carbonyl (C=O) groups is 1. The van der Waals surface area contributed by atoms with Crippen molar-refractivity contribution in [3.8, 4) is 0 Å². The molecule has 1 aliphatic heterocycles. The van der Waals surface area contributed by atoms with Crippen LogP contribution in [0.15, 0.2) is 12.7 Å². The fraction of sp³-hybridized carbons (Fsp3) is 0.667. The van der Waals surface area contributed by atoms with E-state index < -0.39 is 5.54 Å². The Balaban J connectivity index is 2.61. The Morgan fingerprint density at radius 3 is 2.50 bits per heavy atom. The zero-order chi connectivity index (χ0) is 9.19. The molecule has 1 saturated heterocycles. The van der Waals surface area contributed by atoms with Gasteiger partial charge in [0.05, 0.1) is 5.54 Å². The topological polar surface area (TPSA) is 46.3 Å². The Morgan fingerprint density at radius 2 is 2.08 bits per heavy atom. The van der Waals surface area contributed by atoms with E-state index in [0.717, 1.165) is 25.9 Å². The third-order valence-corrected chi connectivity index (χ3v) is 2.56. The maximum Gasteiger partial charge on any atom is 0.174 e. The highest BCUT2D eigenvalue weighted by Crippen LogP contribution is 2.19. The normalized spacial score (nSPS) is 23.5. The highest BCUT2D eigenvalue weighted by Gasteiger charge is 2.34. The molecule has 12 heavy (non-hydrogen) atoms. The van der Waals surface area contributed by atoms with Crippen LogP contribution >= 0.6 is 0 Å². The van der Waals surface area contributed by atoms with Crippen LogP contribution in [0.2, 0.25) is 0 Å². The van der Waals surface area contributed by atoms with E-state index in [-0.39, 0.29) is 5.78 Å². The molecule has 0 aliphatic carbocycles. The van der Waals surface area contributed by atoms with Gasteiger partial charge < -0.3 is 10.6 Å². The largest absolute Gasteiger partial charge is 0.319 e. The first-order chi connectivity index (χ1) is 5.58. The molecule has 3 heteroatoms. The summed E-state index contributed by atoms with van der Waals surface area (Å²) in [6.45, 7) is 5.25. The van der Waals surface area contributed by atoms with Crippen LogP contribution in [-0.2, 0) is 4.79 Å². The van der Waals surface area contributed by atoms with Crippen LogP contribution in [0.3, 0.4) is 0 Å². The van der Waals surface area contributed by atoms with E-state index in [1.54, 1.807) is 0 Å². The Bertz CT molecular complexity index is 193. The van der Waals surface area contributed by atoms with Gasteiger partial charge >= 0.3 is 0 Å². The fourth-order valence-electron chi connectivity index (χ4n) is 1.47. The van der Waals surface area contributed by atoms with Crippen molar-refractivity contribution in [2.75, 3.05) is 20.1 Å². The zero-order valence-electron chi connectivity index (χ0n) is 7.55. The van der Waals surface area contributed by atoms with Crippen molar-refractivity contribution >= 4 is 5.78 Å². The van der Waals surface area contributed by atoms with Crippen molar-refractivity contribution in [3.63, 3.8) is 0 Å². The second-order valence-corrected chi connectivity index (χ2v) is 3.53. The van der Waals surface area contributed by atoms with Gasteiger partial charge in [0.2, 0.25) is 0 Å². The molecule has 1 heterocycles. The first-order valence-corrected chi connectivity index (χ1v) is 4.23. The molecule has 1 rings (SSSR count). The highest BCUT2D eigenvalue weighted by molar-refractivity contribution is 5.97. The summed E-state index contributed by atoms with van der Waals surface area (Å²) in [6, 6.07) is 0. The molecule has 2 N–H and O–H groups in total. The van der Waals surface area contributed by atoms with Crippen LogP contribution in [0.4, 0.5) is 0 Å². The van der Waals surface area contributed by atoms with Gasteiger partial charge in [-0.05, 0) is 26.0 Å². The lowest BCUT2D eigenvalue weighted by Gasteiger charge is -2.35. The molecule has 0 spiro atoms. The molecule has 0 bridgehead atoms. The Morgan fingerprint density at radius 1 is 1.58 bits per heavy atom. The molecule has 0 atom stereocenters. The fourth-order valence-corrected chi connectivity index (χ4v) is 1.47. The minimum absolute atomic E-state index is 0.0180. The van der Waals surface area contributed by atoms with Gasteiger partial charge in [0.1, 0.15) is 0 Å². The van der Waals surface area contributed by atoms with Crippen molar-refractivity contribution in [3.05, 3.63) is 12.7 Å². The van der Waals surface area contributed by atoms with Gasteiger partial charge in [0.25, 0.3) is 0 Å². The molecule has 68 valence electrons.